The normalized spacial score (nSPS) is 14.2. The lowest BCUT2D eigenvalue weighted by atomic mass is 9.94. The van der Waals surface area contributed by atoms with Gasteiger partial charge >= 0.3 is 12.0 Å². The van der Waals surface area contributed by atoms with Gasteiger partial charge in [-0.3, -0.25) is 10.1 Å². The second kappa shape index (κ2) is 14.6. The van der Waals surface area contributed by atoms with E-state index in [1.807, 2.05) is 11.8 Å². The zero-order chi connectivity index (χ0) is 21.6. The second-order valence-electron chi connectivity index (χ2n) is 7.49. The number of hydrogen-bond acceptors (Lipinski definition) is 6. The van der Waals surface area contributed by atoms with Crippen molar-refractivity contribution < 1.29 is 19.8 Å². The van der Waals surface area contributed by atoms with Crippen molar-refractivity contribution in [3.63, 3.8) is 0 Å². The maximum Gasteiger partial charge on any atom is 0.323 e. The minimum absolute atomic E-state index is 0.00182. The van der Waals surface area contributed by atoms with Gasteiger partial charge in [-0.1, -0.05) is 51.4 Å². The summed E-state index contributed by atoms with van der Waals surface area (Å²) < 4.78 is 0.795. The van der Waals surface area contributed by atoms with Crippen molar-refractivity contribution in [1.82, 2.24) is 9.88 Å². The van der Waals surface area contributed by atoms with Gasteiger partial charge < -0.3 is 15.1 Å². The smallest absolute Gasteiger partial charge is 0.323 e. The Hall–Kier alpha value is -1.32. The summed E-state index contributed by atoms with van der Waals surface area (Å²) >= 11 is 2.54. The molecule has 9 heteroatoms. The first-order valence-electron chi connectivity index (χ1n) is 10.4. The van der Waals surface area contributed by atoms with E-state index in [1.54, 1.807) is 6.20 Å². The summed E-state index contributed by atoms with van der Waals surface area (Å²) in [5, 5.41) is 20.0. The third-order valence-electron chi connectivity index (χ3n) is 4.48. The number of carboxylic acids is 1. The molecule has 2 amide bonds. The highest BCUT2D eigenvalue weighted by molar-refractivity contribution is 8.01. The number of aliphatic carboxylic acids is 1. The van der Waals surface area contributed by atoms with Crippen LogP contribution in [0.3, 0.4) is 0 Å². The molecule has 1 aromatic heterocycles. The van der Waals surface area contributed by atoms with Crippen molar-refractivity contribution in [3.05, 3.63) is 6.20 Å². The molecule has 3 N–H and O–H groups in total. The predicted octanol–water partition coefficient (Wildman–Crippen LogP) is 4.92. The number of aliphatic hydroxyl groups is 1. The van der Waals surface area contributed by atoms with Crippen LogP contribution in [0.4, 0.5) is 9.93 Å². The standard InChI is InChI=1S/C17H27N3O3S2.C3H8O/c1-12(2)8-9-20(13-6-4-3-5-7-13)17(23)19-16-18-10-15(25-16)24-11-14(21)22;1-2-3-4/h10,12-13H,3-9,11H2,1-2H3,(H,21,22)(H,18,19,23);4H,2-3H2,1H3. The Balaban J connectivity index is 0.000000960. The summed E-state index contributed by atoms with van der Waals surface area (Å²) in [6.45, 7) is 7.35. The summed E-state index contributed by atoms with van der Waals surface area (Å²) in [5.41, 5.74) is 0. The largest absolute Gasteiger partial charge is 0.481 e. The zero-order valence-corrected chi connectivity index (χ0v) is 19.4. The van der Waals surface area contributed by atoms with Gasteiger partial charge in [0.15, 0.2) is 5.13 Å². The highest BCUT2D eigenvalue weighted by atomic mass is 32.2. The van der Waals surface area contributed by atoms with Crippen LogP contribution in [0.1, 0.15) is 65.7 Å². The van der Waals surface area contributed by atoms with Crippen molar-refractivity contribution >= 4 is 40.2 Å². The van der Waals surface area contributed by atoms with E-state index < -0.39 is 5.97 Å². The van der Waals surface area contributed by atoms with Gasteiger partial charge in [-0.25, -0.2) is 9.78 Å². The SMILES string of the molecule is CC(C)CCN(C(=O)Nc1ncc(SCC(=O)O)s1)C1CCCCC1.CCCO. The molecule has 0 spiro atoms. The van der Waals surface area contributed by atoms with E-state index in [9.17, 15) is 9.59 Å². The van der Waals surface area contributed by atoms with Crippen LogP contribution in [0.25, 0.3) is 0 Å². The fourth-order valence-corrected chi connectivity index (χ4v) is 4.50. The number of carbonyl (C=O) groups is 2. The van der Waals surface area contributed by atoms with Crippen LogP contribution in [0.5, 0.6) is 0 Å². The third-order valence-corrected chi connectivity index (χ3v) is 6.58. The first-order chi connectivity index (χ1) is 13.9. The first kappa shape index (κ1) is 25.7. The number of aromatic nitrogens is 1. The number of rotatable bonds is 9. The molecule has 1 aliphatic carbocycles. The maximum atomic E-state index is 12.8. The Morgan fingerprint density at radius 3 is 2.55 bits per heavy atom. The van der Waals surface area contributed by atoms with E-state index >= 15 is 0 Å². The van der Waals surface area contributed by atoms with Crippen molar-refractivity contribution in [2.24, 2.45) is 5.92 Å². The van der Waals surface area contributed by atoms with E-state index in [4.69, 9.17) is 10.2 Å². The number of urea groups is 1. The van der Waals surface area contributed by atoms with E-state index in [2.05, 4.69) is 24.1 Å². The summed E-state index contributed by atoms with van der Waals surface area (Å²) in [4.78, 5) is 29.6. The Morgan fingerprint density at radius 2 is 2.00 bits per heavy atom. The fourth-order valence-electron chi connectivity index (χ4n) is 2.92. The third kappa shape index (κ3) is 10.9. The molecule has 0 atom stereocenters. The molecule has 0 aromatic carbocycles. The molecule has 1 aliphatic rings. The predicted molar refractivity (Wildman–Crippen MR) is 120 cm³/mol. The quantitative estimate of drug-likeness (QED) is 0.466. The molecular weight excluding hydrogens is 410 g/mol. The molecule has 2 rings (SSSR count). The number of anilines is 1. The van der Waals surface area contributed by atoms with Gasteiger partial charge in [0.25, 0.3) is 0 Å². The van der Waals surface area contributed by atoms with Crippen LogP contribution in [0.15, 0.2) is 10.4 Å². The zero-order valence-electron chi connectivity index (χ0n) is 17.7. The molecular formula is C20H35N3O4S2. The molecule has 1 heterocycles. The molecule has 1 aromatic rings. The fraction of sp³-hybridized carbons (Fsp3) is 0.750. The van der Waals surface area contributed by atoms with Gasteiger partial charge in [-0.05, 0) is 31.6 Å². The van der Waals surface area contributed by atoms with E-state index in [1.165, 1.54) is 42.4 Å². The lowest BCUT2D eigenvalue weighted by Gasteiger charge is -2.34. The van der Waals surface area contributed by atoms with E-state index in [0.29, 0.717) is 23.7 Å². The summed E-state index contributed by atoms with van der Waals surface area (Å²) in [7, 11) is 0. The van der Waals surface area contributed by atoms with Crippen molar-refractivity contribution in [1.29, 1.82) is 0 Å². The molecule has 0 radical (unpaired) electrons. The van der Waals surface area contributed by atoms with Crippen LogP contribution in [0, 0.1) is 5.92 Å². The Morgan fingerprint density at radius 1 is 1.34 bits per heavy atom. The molecule has 166 valence electrons. The summed E-state index contributed by atoms with van der Waals surface area (Å²) in [6.07, 6.45) is 9.25. The van der Waals surface area contributed by atoms with Gasteiger partial charge in [-0.2, -0.15) is 0 Å². The van der Waals surface area contributed by atoms with Crippen LogP contribution in [-0.2, 0) is 4.79 Å². The van der Waals surface area contributed by atoms with Crippen molar-refractivity contribution in [2.45, 2.75) is 76.0 Å². The minimum atomic E-state index is -0.860. The summed E-state index contributed by atoms with van der Waals surface area (Å²) in [6, 6.07) is 0.227. The second-order valence-corrected chi connectivity index (χ2v) is 9.79. The number of hydrogen-bond donors (Lipinski definition) is 3. The van der Waals surface area contributed by atoms with Crippen LogP contribution < -0.4 is 5.32 Å². The Labute approximate surface area is 182 Å². The molecule has 0 saturated heterocycles. The van der Waals surface area contributed by atoms with Crippen molar-refractivity contribution in [3.8, 4) is 0 Å². The monoisotopic (exact) mass is 445 g/mol. The van der Waals surface area contributed by atoms with Gasteiger partial charge in [0.2, 0.25) is 0 Å². The molecule has 7 nitrogen and oxygen atoms in total. The number of aliphatic hydroxyl groups excluding tert-OH is 1. The summed E-state index contributed by atoms with van der Waals surface area (Å²) in [5.74, 6) is -0.308. The number of thiazole rings is 1. The van der Waals surface area contributed by atoms with Crippen LogP contribution in [0.2, 0.25) is 0 Å². The number of carboxylic acid groups (broad SMARTS) is 1. The van der Waals surface area contributed by atoms with Gasteiger partial charge in [-0.15, -0.1) is 11.8 Å². The van der Waals surface area contributed by atoms with Gasteiger partial charge in [0.1, 0.15) is 0 Å². The van der Waals surface area contributed by atoms with Crippen LogP contribution in [-0.4, -0.2) is 57.0 Å². The highest BCUT2D eigenvalue weighted by Gasteiger charge is 2.26. The van der Waals surface area contributed by atoms with E-state index in [-0.39, 0.29) is 11.8 Å². The number of nitrogens with one attached hydrogen (secondary N) is 1. The highest BCUT2D eigenvalue weighted by Crippen LogP contribution is 2.29. The van der Waals surface area contributed by atoms with E-state index in [0.717, 1.165) is 36.4 Å². The van der Waals surface area contributed by atoms with Crippen LogP contribution >= 0.6 is 23.1 Å². The molecule has 0 unspecified atom stereocenters. The van der Waals surface area contributed by atoms with Gasteiger partial charge in [0, 0.05) is 19.2 Å². The number of thioether (sulfide) groups is 1. The Kier molecular flexibility index (Phi) is 13.0. The molecule has 0 bridgehead atoms. The molecule has 29 heavy (non-hydrogen) atoms. The topological polar surface area (TPSA) is 103 Å². The Bertz CT molecular complexity index is 602. The number of amides is 2. The lowest BCUT2D eigenvalue weighted by molar-refractivity contribution is -0.133. The number of nitrogens with zero attached hydrogens (tertiary/aromatic N) is 2. The average Bonchev–Trinajstić information content (AvgIpc) is 3.14. The maximum absolute atomic E-state index is 12.8. The molecule has 1 fully saturated rings. The minimum Gasteiger partial charge on any atom is -0.481 e. The number of carbonyl (C=O) groups excluding carboxylic acids is 1. The lowest BCUT2D eigenvalue weighted by Crippen LogP contribution is -2.44. The molecule has 0 aliphatic heterocycles. The average molecular weight is 446 g/mol. The molecule has 1 saturated carbocycles. The van der Waals surface area contributed by atoms with Crippen molar-refractivity contribution in [2.75, 3.05) is 24.2 Å². The van der Waals surface area contributed by atoms with Gasteiger partial charge in [0.05, 0.1) is 16.2 Å². The first-order valence-corrected chi connectivity index (χ1v) is 12.2.